The lowest BCUT2D eigenvalue weighted by Gasteiger charge is -2.01. The summed E-state index contributed by atoms with van der Waals surface area (Å²) in [5.74, 6) is -0.557. The van der Waals surface area contributed by atoms with Crippen molar-refractivity contribution in [3.05, 3.63) is 47.7 Å². The van der Waals surface area contributed by atoms with E-state index in [0.29, 0.717) is 10.7 Å². The minimum absolute atomic E-state index is 0.230. The zero-order valence-electron chi connectivity index (χ0n) is 11.6. The lowest BCUT2D eigenvalue weighted by molar-refractivity contribution is 0.0996. The van der Waals surface area contributed by atoms with Crippen LogP contribution in [0.1, 0.15) is 10.5 Å². The van der Waals surface area contributed by atoms with E-state index in [4.69, 9.17) is 5.73 Å². The summed E-state index contributed by atoms with van der Waals surface area (Å²) in [7, 11) is 0. The SMILES string of the molecule is NC(=O)c1cc2sccc2c(-c2nnc(-c3cccnc3)s2)n1. The van der Waals surface area contributed by atoms with Crippen molar-refractivity contribution in [3.8, 4) is 21.3 Å². The number of hydrogen-bond acceptors (Lipinski definition) is 7. The molecule has 0 aromatic carbocycles. The van der Waals surface area contributed by atoms with Gasteiger partial charge in [0.25, 0.3) is 5.91 Å². The van der Waals surface area contributed by atoms with Crippen LogP contribution in [0.5, 0.6) is 0 Å². The Bertz CT molecular complexity index is 1010. The summed E-state index contributed by atoms with van der Waals surface area (Å²) in [6.07, 6.45) is 3.44. The summed E-state index contributed by atoms with van der Waals surface area (Å²) in [5.41, 5.74) is 7.13. The van der Waals surface area contributed by atoms with Crippen LogP contribution in [-0.2, 0) is 0 Å². The number of fused-ring (bicyclic) bond motifs is 1. The molecule has 0 aliphatic rings. The second-order valence-electron chi connectivity index (χ2n) is 4.71. The zero-order chi connectivity index (χ0) is 15.8. The van der Waals surface area contributed by atoms with Gasteiger partial charge in [0.2, 0.25) is 0 Å². The highest BCUT2D eigenvalue weighted by atomic mass is 32.1. The molecule has 0 aliphatic carbocycles. The molecule has 4 aromatic rings. The average Bonchev–Trinajstić information content (AvgIpc) is 3.24. The van der Waals surface area contributed by atoms with E-state index >= 15 is 0 Å². The largest absolute Gasteiger partial charge is 0.364 e. The second-order valence-corrected chi connectivity index (χ2v) is 6.63. The predicted molar refractivity (Wildman–Crippen MR) is 90.3 cm³/mol. The molecule has 4 aromatic heterocycles. The molecule has 6 nitrogen and oxygen atoms in total. The van der Waals surface area contributed by atoms with Gasteiger partial charge in [-0.3, -0.25) is 9.78 Å². The molecule has 0 atom stereocenters. The Morgan fingerprint density at radius 1 is 1.17 bits per heavy atom. The van der Waals surface area contributed by atoms with Crippen LogP contribution >= 0.6 is 22.7 Å². The van der Waals surface area contributed by atoms with Crippen LogP contribution in [0.2, 0.25) is 0 Å². The Labute approximate surface area is 138 Å². The van der Waals surface area contributed by atoms with Crippen molar-refractivity contribution in [2.75, 3.05) is 0 Å². The number of nitrogens with two attached hydrogens (primary N) is 1. The molecular weight excluding hydrogens is 330 g/mol. The van der Waals surface area contributed by atoms with Gasteiger partial charge in [0.15, 0.2) is 5.01 Å². The maximum atomic E-state index is 11.5. The van der Waals surface area contributed by atoms with Crippen LogP contribution in [0.15, 0.2) is 42.0 Å². The van der Waals surface area contributed by atoms with E-state index in [1.54, 1.807) is 18.5 Å². The molecule has 0 fully saturated rings. The van der Waals surface area contributed by atoms with E-state index in [1.165, 1.54) is 22.7 Å². The van der Waals surface area contributed by atoms with Crippen LogP contribution in [0.25, 0.3) is 31.4 Å². The Morgan fingerprint density at radius 3 is 2.83 bits per heavy atom. The van der Waals surface area contributed by atoms with E-state index in [0.717, 1.165) is 20.7 Å². The number of thiophene rings is 1. The van der Waals surface area contributed by atoms with Crippen LogP contribution < -0.4 is 5.73 Å². The van der Waals surface area contributed by atoms with E-state index in [1.807, 2.05) is 23.6 Å². The first kappa shape index (κ1) is 13.9. The number of pyridine rings is 2. The molecule has 0 spiro atoms. The smallest absolute Gasteiger partial charge is 0.267 e. The van der Waals surface area contributed by atoms with Gasteiger partial charge in [-0.25, -0.2) is 4.98 Å². The van der Waals surface area contributed by atoms with Crippen molar-refractivity contribution in [2.24, 2.45) is 5.73 Å². The number of amides is 1. The number of primary amides is 1. The first-order valence-electron chi connectivity index (χ1n) is 6.65. The summed E-state index contributed by atoms with van der Waals surface area (Å²) in [6.45, 7) is 0. The molecule has 0 radical (unpaired) electrons. The maximum Gasteiger partial charge on any atom is 0.267 e. The monoisotopic (exact) mass is 339 g/mol. The van der Waals surface area contributed by atoms with E-state index in [-0.39, 0.29) is 5.69 Å². The van der Waals surface area contributed by atoms with Gasteiger partial charge in [0.1, 0.15) is 16.4 Å². The number of hydrogen-bond donors (Lipinski definition) is 1. The van der Waals surface area contributed by atoms with Gasteiger partial charge in [0, 0.05) is 28.0 Å². The Hall–Kier alpha value is -2.71. The van der Waals surface area contributed by atoms with E-state index < -0.39 is 5.91 Å². The Balaban J connectivity index is 1.88. The quantitative estimate of drug-likeness (QED) is 0.619. The van der Waals surface area contributed by atoms with Crippen LogP contribution in [0.4, 0.5) is 0 Å². The molecule has 4 rings (SSSR count). The first-order chi connectivity index (χ1) is 11.2. The molecule has 0 saturated carbocycles. The van der Waals surface area contributed by atoms with Crippen molar-refractivity contribution in [2.45, 2.75) is 0 Å². The highest BCUT2D eigenvalue weighted by molar-refractivity contribution is 7.18. The molecule has 0 saturated heterocycles. The van der Waals surface area contributed by atoms with Crippen molar-refractivity contribution in [1.29, 1.82) is 0 Å². The lowest BCUT2D eigenvalue weighted by Crippen LogP contribution is -2.13. The van der Waals surface area contributed by atoms with Crippen molar-refractivity contribution < 1.29 is 4.79 Å². The molecule has 0 aliphatic heterocycles. The number of carbonyl (C=O) groups excluding carboxylic acids is 1. The summed E-state index contributed by atoms with van der Waals surface area (Å²) in [6, 6.07) is 7.43. The van der Waals surface area contributed by atoms with Crippen molar-refractivity contribution in [3.63, 3.8) is 0 Å². The topological polar surface area (TPSA) is 94.7 Å². The molecule has 0 bridgehead atoms. The van der Waals surface area contributed by atoms with Crippen LogP contribution in [0, 0.1) is 0 Å². The third-order valence-electron chi connectivity index (χ3n) is 3.24. The number of carbonyl (C=O) groups is 1. The van der Waals surface area contributed by atoms with Gasteiger partial charge in [-0.15, -0.1) is 21.5 Å². The highest BCUT2D eigenvalue weighted by Crippen LogP contribution is 2.34. The fourth-order valence-electron chi connectivity index (χ4n) is 2.18. The normalized spacial score (nSPS) is 11.0. The van der Waals surface area contributed by atoms with Crippen molar-refractivity contribution in [1.82, 2.24) is 20.2 Å². The fraction of sp³-hybridized carbons (Fsp3) is 0. The Kier molecular flexibility index (Phi) is 3.32. The summed E-state index contributed by atoms with van der Waals surface area (Å²) in [5, 5.41) is 12.7. The summed E-state index contributed by atoms with van der Waals surface area (Å²) < 4.78 is 0.946. The molecule has 0 unspecified atom stereocenters. The van der Waals surface area contributed by atoms with Crippen LogP contribution in [-0.4, -0.2) is 26.1 Å². The minimum Gasteiger partial charge on any atom is -0.364 e. The first-order valence-corrected chi connectivity index (χ1v) is 8.34. The highest BCUT2D eigenvalue weighted by Gasteiger charge is 2.16. The maximum absolute atomic E-state index is 11.5. The number of nitrogens with zero attached hydrogens (tertiary/aromatic N) is 4. The average molecular weight is 339 g/mol. The van der Waals surface area contributed by atoms with Gasteiger partial charge in [-0.1, -0.05) is 11.3 Å². The molecular formula is C15H9N5OS2. The van der Waals surface area contributed by atoms with Crippen molar-refractivity contribution >= 4 is 38.7 Å². The molecule has 23 heavy (non-hydrogen) atoms. The van der Waals surface area contributed by atoms with Gasteiger partial charge < -0.3 is 5.73 Å². The lowest BCUT2D eigenvalue weighted by atomic mass is 10.2. The number of aromatic nitrogens is 4. The molecule has 1 amide bonds. The fourth-order valence-corrected chi connectivity index (χ4v) is 3.84. The van der Waals surface area contributed by atoms with Crippen LogP contribution in [0.3, 0.4) is 0 Å². The Morgan fingerprint density at radius 2 is 2.04 bits per heavy atom. The predicted octanol–water partition coefficient (Wildman–Crippen LogP) is 2.98. The summed E-state index contributed by atoms with van der Waals surface area (Å²) >= 11 is 2.94. The standard InChI is InChI=1S/C15H9N5OS2/c16-13(21)10-6-11-9(3-5-22-11)12(18-10)15-20-19-14(23-15)8-2-1-4-17-7-8/h1-7H,(H2,16,21). The van der Waals surface area contributed by atoms with Gasteiger partial charge in [-0.2, -0.15) is 0 Å². The zero-order valence-corrected chi connectivity index (χ0v) is 13.3. The van der Waals surface area contributed by atoms with Gasteiger partial charge >= 0.3 is 0 Å². The molecule has 2 N–H and O–H groups in total. The van der Waals surface area contributed by atoms with E-state index in [9.17, 15) is 4.79 Å². The van der Waals surface area contributed by atoms with Gasteiger partial charge in [0.05, 0.1) is 0 Å². The minimum atomic E-state index is -0.557. The molecule has 112 valence electrons. The molecule has 4 heterocycles. The summed E-state index contributed by atoms with van der Waals surface area (Å²) in [4.78, 5) is 20.0. The third kappa shape index (κ3) is 2.47. The number of rotatable bonds is 3. The molecule has 8 heteroatoms. The van der Waals surface area contributed by atoms with Gasteiger partial charge in [-0.05, 0) is 29.6 Å². The van der Waals surface area contributed by atoms with E-state index in [2.05, 4.69) is 20.2 Å². The second kappa shape index (κ2) is 5.49. The third-order valence-corrected chi connectivity index (χ3v) is 5.08.